The van der Waals surface area contributed by atoms with Crippen molar-refractivity contribution in [1.82, 2.24) is 10.3 Å². The van der Waals surface area contributed by atoms with Crippen molar-refractivity contribution in [1.29, 1.82) is 0 Å². The molecule has 0 radical (unpaired) electrons. The molecule has 1 aliphatic carbocycles. The first-order valence-electron chi connectivity index (χ1n) is 5.56. The number of rotatable bonds is 3. The number of likely N-dealkylation sites (N-methyl/N-ethyl adjacent to an activating group) is 1. The van der Waals surface area contributed by atoms with E-state index in [-0.39, 0.29) is 0 Å². The SMILES string of the molecule is CCNCC1CCCc2cccnc21. The number of nitrogens with one attached hydrogen (secondary N) is 1. The van der Waals surface area contributed by atoms with E-state index in [4.69, 9.17) is 0 Å². The van der Waals surface area contributed by atoms with Crippen molar-refractivity contribution >= 4 is 0 Å². The summed E-state index contributed by atoms with van der Waals surface area (Å²) >= 11 is 0. The highest BCUT2D eigenvalue weighted by atomic mass is 14.9. The van der Waals surface area contributed by atoms with Crippen LogP contribution in [0, 0.1) is 0 Å². The molecule has 0 bridgehead atoms. The van der Waals surface area contributed by atoms with Gasteiger partial charge in [-0.05, 0) is 37.4 Å². The molecule has 0 saturated carbocycles. The maximum atomic E-state index is 4.51. The van der Waals surface area contributed by atoms with Gasteiger partial charge in [0.2, 0.25) is 0 Å². The molecule has 0 amide bonds. The molecule has 0 spiro atoms. The van der Waals surface area contributed by atoms with Gasteiger partial charge in [-0.3, -0.25) is 4.98 Å². The van der Waals surface area contributed by atoms with Gasteiger partial charge in [-0.15, -0.1) is 0 Å². The average molecular weight is 190 g/mol. The van der Waals surface area contributed by atoms with Gasteiger partial charge < -0.3 is 5.32 Å². The Balaban J connectivity index is 2.14. The third-order valence-corrected chi connectivity index (χ3v) is 2.95. The Hall–Kier alpha value is -0.890. The van der Waals surface area contributed by atoms with Crippen molar-refractivity contribution < 1.29 is 0 Å². The summed E-state index contributed by atoms with van der Waals surface area (Å²) in [5, 5.41) is 3.42. The van der Waals surface area contributed by atoms with Gasteiger partial charge >= 0.3 is 0 Å². The molecular formula is C12H18N2. The molecule has 2 heteroatoms. The second-order valence-electron chi connectivity index (χ2n) is 3.94. The zero-order chi connectivity index (χ0) is 9.80. The second kappa shape index (κ2) is 4.56. The molecule has 76 valence electrons. The summed E-state index contributed by atoms with van der Waals surface area (Å²) in [5.41, 5.74) is 2.79. The molecule has 0 aliphatic heterocycles. The fourth-order valence-electron chi connectivity index (χ4n) is 2.22. The summed E-state index contributed by atoms with van der Waals surface area (Å²) in [7, 11) is 0. The van der Waals surface area contributed by atoms with Crippen LogP contribution in [0.2, 0.25) is 0 Å². The maximum Gasteiger partial charge on any atom is 0.0479 e. The van der Waals surface area contributed by atoms with Crippen LogP contribution in [0.5, 0.6) is 0 Å². The Bertz CT molecular complexity index is 296. The molecule has 1 aromatic heterocycles. The van der Waals surface area contributed by atoms with Gasteiger partial charge in [0.05, 0.1) is 0 Å². The van der Waals surface area contributed by atoms with E-state index in [1.807, 2.05) is 6.20 Å². The van der Waals surface area contributed by atoms with Crippen molar-refractivity contribution in [3.8, 4) is 0 Å². The van der Waals surface area contributed by atoms with Crippen LogP contribution in [0.25, 0.3) is 0 Å². The fourth-order valence-corrected chi connectivity index (χ4v) is 2.22. The Kier molecular flexibility index (Phi) is 3.14. The molecule has 1 aliphatic rings. The highest BCUT2D eigenvalue weighted by Gasteiger charge is 2.20. The van der Waals surface area contributed by atoms with Crippen LogP contribution in [-0.2, 0) is 6.42 Å². The Labute approximate surface area is 85.7 Å². The van der Waals surface area contributed by atoms with E-state index in [2.05, 4.69) is 29.4 Å². The highest BCUT2D eigenvalue weighted by Crippen LogP contribution is 2.28. The quantitative estimate of drug-likeness (QED) is 0.789. The van der Waals surface area contributed by atoms with Crippen LogP contribution in [0.4, 0.5) is 0 Å². The third kappa shape index (κ3) is 1.95. The number of aromatic nitrogens is 1. The number of fused-ring (bicyclic) bond motifs is 1. The molecule has 1 unspecified atom stereocenters. The Morgan fingerprint density at radius 3 is 3.36 bits per heavy atom. The first kappa shape index (κ1) is 9.66. The van der Waals surface area contributed by atoms with Gasteiger partial charge in [-0.1, -0.05) is 13.0 Å². The maximum absolute atomic E-state index is 4.51. The van der Waals surface area contributed by atoms with Gasteiger partial charge in [0, 0.05) is 24.4 Å². The lowest BCUT2D eigenvalue weighted by molar-refractivity contribution is 0.503. The van der Waals surface area contributed by atoms with Gasteiger partial charge in [0.1, 0.15) is 0 Å². The molecule has 14 heavy (non-hydrogen) atoms. The van der Waals surface area contributed by atoms with Gasteiger partial charge in [-0.2, -0.15) is 0 Å². The number of pyridine rings is 1. The predicted octanol–water partition coefficient (Wildman–Crippen LogP) is 2.11. The number of hydrogen-bond donors (Lipinski definition) is 1. The monoisotopic (exact) mass is 190 g/mol. The van der Waals surface area contributed by atoms with Crippen molar-refractivity contribution in [2.45, 2.75) is 32.1 Å². The van der Waals surface area contributed by atoms with Crippen LogP contribution in [0.1, 0.15) is 36.9 Å². The summed E-state index contributed by atoms with van der Waals surface area (Å²) in [6.07, 6.45) is 5.74. The van der Waals surface area contributed by atoms with Crippen LogP contribution in [-0.4, -0.2) is 18.1 Å². The second-order valence-corrected chi connectivity index (χ2v) is 3.94. The van der Waals surface area contributed by atoms with Crippen LogP contribution in [0.3, 0.4) is 0 Å². The minimum Gasteiger partial charge on any atom is -0.316 e. The Morgan fingerprint density at radius 2 is 2.50 bits per heavy atom. The summed E-state index contributed by atoms with van der Waals surface area (Å²) in [6, 6.07) is 4.27. The van der Waals surface area contributed by atoms with Gasteiger partial charge in [0.15, 0.2) is 0 Å². The number of nitrogens with zero attached hydrogens (tertiary/aromatic N) is 1. The predicted molar refractivity (Wildman–Crippen MR) is 58.5 cm³/mol. The number of hydrogen-bond acceptors (Lipinski definition) is 2. The van der Waals surface area contributed by atoms with E-state index in [0.29, 0.717) is 5.92 Å². The van der Waals surface area contributed by atoms with Crippen molar-refractivity contribution in [3.63, 3.8) is 0 Å². The summed E-state index contributed by atoms with van der Waals surface area (Å²) in [4.78, 5) is 4.51. The first-order chi connectivity index (χ1) is 6.92. The van der Waals surface area contributed by atoms with Crippen LogP contribution >= 0.6 is 0 Å². The van der Waals surface area contributed by atoms with Crippen molar-refractivity contribution in [2.24, 2.45) is 0 Å². The molecule has 2 rings (SSSR count). The fraction of sp³-hybridized carbons (Fsp3) is 0.583. The first-order valence-corrected chi connectivity index (χ1v) is 5.56. The molecule has 0 aromatic carbocycles. The lowest BCUT2D eigenvalue weighted by Gasteiger charge is -2.24. The molecule has 2 nitrogen and oxygen atoms in total. The minimum atomic E-state index is 0.639. The smallest absolute Gasteiger partial charge is 0.0479 e. The highest BCUT2D eigenvalue weighted by molar-refractivity contribution is 5.26. The van der Waals surface area contributed by atoms with E-state index >= 15 is 0 Å². The molecule has 0 saturated heterocycles. The van der Waals surface area contributed by atoms with Gasteiger partial charge in [-0.25, -0.2) is 0 Å². The largest absolute Gasteiger partial charge is 0.316 e. The zero-order valence-electron chi connectivity index (χ0n) is 8.79. The van der Waals surface area contributed by atoms with Crippen LogP contribution in [0.15, 0.2) is 18.3 Å². The summed E-state index contributed by atoms with van der Waals surface area (Å²) < 4.78 is 0. The number of aryl methyl sites for hydroxylation is 1. The average Bonchev–Trinajstić information content (AvgIpc) is 2.26. The lowest BCUT2D eigenvalue weighted by Crippen LogP contribution is -2.24. The molecule has 1 aromatic rings. The van der Waals surface area contributed by atoms with Crippen LogP contribution < -0.4 is 5.32 Å². The lowest BCUT2D eigenvalue weighted by atomic mass is 9.86. The topological polar surface area (TPSA) is 24.9 Å². The van der Waals surface area contributed by atoms with E-state index in [9.17, 15) is 0 Å². The summed E-state index contributed by atoms with van der Waals surface area (Å²) in [6.45, 7) is 4.29. The minimum absolute atomic E-state index is 0.639. The molecular weight excluding hydrogens is 172 g/mol. The van der Waals surface area contributed by atoms with Crippen molar-refractivity contribution in [3.05, 3.63) is 29.6 Å². The van der Waals surface area contributed by atoms with Crippen molar-refractivity contribution in [2.75, 3.05) is 13.1 Å². The zero-order valence-corrected chi connectivity index (χ0v) is 8.79. The standard InChI is InChI=1S/C12H18N2/c1-2-13-9-11-6-3-5-10-7-4-8-14-12(10)11/h4,7-8,11,13H,2-3,5-6,9H2,1H3. The summed E-state index contributed by atoms with van der Waals surface area (Å²) in [5.74, 6) is 0.639. The van der Waals surface area contributed by atoms with Gasteiger partial charge in [0.25, 0.3) is 0 Å². The third-order valence-electron chi connectivity index (χ3n) is 2.95. The molecule has 1 heterocycles. The van der Waals surface area contributed by atoms with E-state index in [0.717, 1.165) is 13.1 Å². The van der Waals surface area contributed by atoms with E-state index in [1.54, 1.807) is 0 Å². The normalized spacial score (nSPS) is 20.5. The molecule has 0 fully saturated rings. The van der Waals surface area contributed by atoms with E-state index < -0.39 is 0 Å². The Morgan fingerprint density at radius 1 is 1.57 bits per heavy atom. The molecule has 1 N–H and O–H groups in total. The molecule has 1 atom stereocenters. The van der Waals surface area contributed by atoms with E-state index in [1.165, 1.54) is 30.5 Å².